The number of carbonyl (C=O) groups is 2. The van der Waals surface area contributed by atoms with Gasteiger partial charge in [-0.05, 0) is 17.7 Å². The minimum Gasteiger partial charge on any atom is -0.466 e. The van der Waals surface area contributed by atoms with Gasteiger partial charge in [0.25, 0.3) is 0 Å². The van der Waals surface area contributed by atoms with Crippen LogP contribution in [0.4, 0.5) is 5.69 Å². The van der Waals surface area contributed by atoms with Crippen LogP contribution in [0.5, 0.6) is 0 Å². The van der Waals surface area contributed by atoms with E-state index in [1.807, 2.05) is 0 Å². The number of para-hydroxylation sites is 1. The number of nitrogens with zero attached hydrogens (tertiary/aromatic N) is 3. The van der Waals surface area contributed by atoms with Gasteiger partial charge in [-0.25, -0.2) is 18.0 Å². The van der Waals surface area contributed by atoms with E-state index in [2.05, 4.69) is 6.07 Å². The van der Waals surface area contributed by atoms with Crippen molar-refractivity contribution in [3.8, 4) is 6.07 Å². The minimum atomic E-state index is -4.05. The molecule has 0 saturated carbocycles. The molecule has 2 N–H and O–H groups in total. The Morgan fingerprint density at radius 3 is 2.11 bits per heavy atom. The van der Waals surface area contributed by atoms with Crippen LogP contribution in [0.2, 0.25) is 0 Å². The molecule has 10 nitrogen and oxygen atoms in total. The first-order valence-electron chi connectivity index (χ1n) is 11.4. The number of allylic oxidation sites excluding steroid dienone is 1. The number of anilines is 1. The number of nitrogens with two attached hydrogens (primary N) is 1. The molecule has 0 aliphatic carbocycles. The molecular formula is C26H28N4O6S. The van der Waals surface area contributed by atoms with Crippen LogP contribution in [0.1, 0.15) is 25.3 Å². The molecule has 1 atom stereocenters. The highest BCUT2D eigenvalue weighted by atomic mass is 32.2. The second-order valence-electron chi connectivity index (χ2n) is 7.89. The Morgan fingerprint density at radius 1 is 1.00 bits per heavy atom. The zero-order chi connectivity index (χ0) is 27.3. The fourth-order valence-corrected chi connectivity index (χ4v) is 5.96. The molecule has 0 bridgehead atoms. The molecule has 0 amide bonds. The molecule has 0 aromatic heterocycles. The van der Waals surface area contributed by atoms with Gasteiger partial charge in [-0.2, -0.15) is 9.57 Å². The van der Waals surface area contributed by atoms with E-state index in [0.717, 1.165) is 19.1 Å². The first kappa shape index (κ1) is 27.4. The van der Waals surface area contributed by atoms with E-state index < -0.39 is 27.9 Å². The molecular weight excluding hydrogens is 496 g/mol. The molecule has 1 heterocycles. The number of esters is 2. The van der Waals surface area contributed by atoms with Crippen molar-refractivity contribution < 1.29 is 27.5 Å². The maximum atomic E-state index is 13.6. The van der Waals surface area contributed by atoms with Crippen molar-refractivity contribution in [2.75, 3.05) is 32.2 Å². The van der Waals surface area contributed by atoms with Crippen LogP contribution < -0.4 is 10.6 Å². The predicted octanol–water partition coefficient (Wildman–Crippen LogP) is 2.61. The van der Waals surface area contributed by atoms with Gasteiger partial charge in [0.15, 0.2) is 0 Å². The maximum Gasteiger partial charge on any atom is 0.355 e. The van der Waals surface area contributed by atoms with E-state index in [1.165, 1.54) is 22.5 Å². The van der Waals surface area contributed by atoms with Crippen molar-refractivity contribution in [3.63, 3.8) is 0 Å². The third-order valence-corrected chi connectivity index (χ3v) is 8.14. The van der Waals surface area contributed by atoms with Crippen LogP contribution in [0, 0.1) is 11.3 Å². The molecule has 2 aromatic rings. The third kappa shape index (κ3) is 4.81. The number of methoxy groups -OCH3 is 2. The van der Waals surface area contributed by atoms with Crippen molar-refractivity contribution in [2.24, 2.45) is 5.73 Å². The number of benzene rings is 2. The van der Waals surface area contributed by atoms with E-state index in [-0.39, 0.29) is 46.3 Å². The Morgan fingerprint density at radius 2 is 1.57 bits per heavy atom. The number of ether oxygens (including phenoxy) is 2. The third-order valence-electron chi connectivity index (χ3n) is 6.04. The van der Waals surface area contributed by atoms with Gasteiger partial charge in [0, 0.05) is 13.1 Å². The molecule has 1 aliphatic rings. The average Bonchev–Trinajstić information content (AvgIpc) is 2.92. The van der Waals surface area contributed by atoms with Gasteiger partial charge in [0.2, 0.25) is 10.0 Å². The topological polar surface area (TPSA) is 143 Å². The van der Waals surface area contributed by atoms with Crippen LogP contribution in [0.3, 0.4) is 0 Å². The van der Waals surface area contributed by atoms with Crippen LogP contribution in [-0.4, -0.2) is 52.0 Å². The molecule has 1 aliphatic heterocycles. The highest BCUT2D eigenvalue weighted by Crippen LogP contribution is 2.44. The highest BCUT2D eigenvalue weighted by molar-refractivity contribution is 7.89. The number of hydrogen-bond acceptors (Lipinski definition) is 9. The van der Waals surface area contributed by atoms with Crippen LogP contribution >= 0.6 is 0 Å². The summed E-state index contributed by atoms with van der Waals surface area (Å²) < 4.78 is 38.4. The summed E-state index contributed by atoms with van der Waals surface area (Å²) in [4.78, 5) is 27.4. The smallest absolute Gasteiger partial charge is 0.355 e. The summed E-state index contributed by atoms with van der Waals surface area (Å²) in [5.41, 5.74) is 6.39. The quantitative estimate of drug-likeness (QED) is 0.515. The molecule has 2 aromatic carbocycles. The second-order valence-corrected chi connectivity index (χ2v) is 9.80. The summed E-state index contributed by atoms with van der Waals surface area (Å²) in [6.45, 7) is 3.80. The number of sulfonamides is 1. The lowest BCUT2D eigenvalue weighted by molar-refractivity contribution is -0.139. The molecule has 194 valence electrons. The van der Waals surface area contributed by atoms with Gasteiger partial charge in [0.1, 0.15) is 16.4 Å². The summed E-state index contributed by atoms with van der Waals surface area (Å²) in [6, 6.07) is 16.5. The largest absolute Gasteiger partial charge is 0.466 e. The van der Waals surface area contributed by atoms with E-state index in [1.54, 1.807) is 50.2 Å². The van der Waals surface area contributed by atoms with Crippen LogP contribution in [0.15, 0.2) is 82.2 Å². The Kier molecular flexibility index (Phi) is 8.37. The monoisotopic (exact) mass is 524 g/mol. The first-order chi connectivity index (χ1) is 17.7. The predicted molar refractivity (Wildman–Crippen MR) is 136 cm³/mol. The molecule has 0 saturated heterocycles. The Bertz CT molecular complexity index is 1410. The normalized spacial score (nSPS) is 16.0. The number of nitriles is 1. The van der Waals surface area contributed by atoms with Gasteiger partial charge >= 0.3 is 11.9 Å². The molecule has 0 fully saturated rings. The Labute approximate surface area is 216 Å². The summed E-state index contributed by atoms with van der Waals surface area (Å²) in [5.74, 6) is -3.14. The zero-order valence-electron chi connectivity index (χ0n) is 21.0. The van der Waals surface area contributed by atoms with Crippen LogP contribution in [0.25, 0.3) is 0 Å². The Balaban J connectivity index is 2.48. The van der Waals surface area contributed by atoms with Crippen molar-refractivity contribution in [1.29, 1.82) is 5.26 Å². The number of carbonyl (C=O) groups excluding carboxylic acids is 2. The van der Waals surface area contributed by atoms with Gasteiger partial charge in [-0.3, -0.25) is 4.90 Å². The van der Waals surface area contributed by atoms with Gasteiger partial charge in [-0.15, -0.1) is 0 Å². The fourth-order valence-electron chi connectivity index (χ4n) is 4.33. The summed E-state index contributed by atoms with van der Waals surface area (Å²) in [5, 5.41) is 10.2. The van der Waals surface area contributed by atoms with E-state index in [4.69, 9.17) is 15.2 Å². The van der Waals surface area contributed by atoms with Crippen molar-refractivity contribution in [2.45, 2.75) is 24.7 Å². The molecule has 1 unspecified atom stereocenters. The maximum absolute atomic E-state index is 13.6. The van der Waals surface area contributed by atoms with Gasteiger partial charge in [0.05, 0.1) is 43.0 Å². The second kappa shape index (κ2) is 11.3. The zero-order valence-corrected chi connectivity index (χ0v) is 21.8. The first-order valence-corrected chi connectivity index (χ1v) is 12.9. The average molecular weight is 525 g/mol. The molecule has 0 radical (unpaired) electrons. The lowest BCUT2D eigenvalue weighted by atomic mass is 9.81. The summed E-state index contributed by atoms with van der Waals surface area (Å²) >= 11 is 0. The van der Waals surface area contributed by atoms with Crippen molar-refractivity contribution >= 4 is 27.6 Å². The molecule has 37 heavy (non-hydrogen) atoms. The van der Waals surface area contributed by atoms with Gasteiger partial charge < -0.3 is 15.2 Å². The van der Waals surface area contributed by atoms with E-state index >= 15 is 0 Å². The molecule has 11 heteroatoms. The highest BCUT2D eigenvalue weighted by Gasteiger charge is 2.44. The van der Waals surface area contributed by atoms with Crippen molar-refractivity contribution in [3.05, 3.63) is 82.8 Å². The molecule has 0 spiro atoms. The standard InChI is InChI=1S/C26H28N4O6S/c1-5-29(6-2)37(33,34)20-15-11-10-14-19(20)30-23(26(32)36-4)22(25(31)35-3)21(18(16-27)24(30)28)17-12-8-7-9-13-17/h7-15,21H,5-6,28H2,1-4H3. The minimum absolute atomic E-state index is 0.0204. The van der Waals surface area contributed by atoms with E-state index in [0.29, 0.717) is 5.56 Å². The molecule has 3 rings (SSSR count). The van der Waals surface area contributed by atoms with E-state index in [9.17, 15) is 23.3 Å². The fraction of sp³-hybridized carbons (Fsp3) is 0.269. The SMILES string of the molecule is CCN(CC)S(=O)(=O)c1ccccc1N1C(N)=C(C#N)C(c2ccccc2)C(C(=O)OC)=C1C(=O)OC. The number of rotatable bonds is 8. The number of hydrogen-bond donors (Lipinski definition) is 1. The Hall–Kier alpha value is -4.14. The lowest BCUT2D eigenvalue weighted by Gasteiger charge is -2.36. The lowest BCUT2D eigenvalue weighted by Crippen LogP contribution is -2.42. The van der Waals surface area contributed by atoms with Gasteiger partial charge in [-0.1, -0.05) is 56.3 Å². The van der Waals surface area contributed by atoms with Crippen LogP contribution in [-0.2, 0) is 29.1 Å². The summed E-state index contributed by atoms with van der Waals surface area (Å²) in [6.07, 6.45) is 0. The summed E-state index contributed by atoms with van der Waals surface area (Å²) in [7, 11) is -1.79. The van der Waals surface area contributed by atoms with Crippen molar-refractivity contribution in [1.82, 2.24) is 4.31 Å².